The number of rotatable bonds is 6. The van der Waals surface area contributed by atoms with Crippen molar-refractivity contribution in [3.63, 3.8) is 0 Å². The summed E-state index contributed by atoms with van der Waals surface area (Å²) in [5, 5.41) is 0. The summed E-state index contributed by atoms with van der Waals surface area (Å²) >= 11 is 0. The van der Waals surface area contributed by atoms with Gasteiger partial charge in [-0.05, 0) is 18.2 Å². The molecule has 0 spiro atoms. The number of nitrogens with one attached hydrogen (secondary N) is 1. The number of primary amides is 1. The fraction of sp³-hybridized carbons (Fsp3) is 0.273. The van der Waals surface area contributed by atoms with Crippen molar-refractivity contribution in [2.24, 2.45) is 5.73 Å². The molecule has 1 amide bonds. The summed E-state index contributed by atoms with van der Waals surface area (Å²) in [6.07, 6.45) is -0.220. The second-order valence-electron chi connectivity index (χ2n) is 3.75. The van der Waals surface area contributed by atoms with Crippen LogP contribution in [0.2, 0.25) is 0 Å². The first-order valence-electron chi connectivity index (χ1n) is 5.44. The maximum atomic E-state index is 13.2. The lowest BCUT2D eigenvalue weighted by molar-refractivity contribution is -0.117. The van der Waals surface area contributed by atoms with E-state index in [-0.39, 0.29) is 18.5 Å². The predicted octanol–water partition coefficient (Wildman–Crippen LogP) is -0.234. The number of benzene rings is 1. The average Bonchev–Trinajstić information content (AvgIpc) is 2.37. The molecule has 0 radical (unpaired) electrons. The van der Waals surface area contributed by atoms with Gasteiger partial charge in [0.15, 0.2) is 0 Å². The van der Waals surface area contributed by atoms with E-state index in [1.54, 1.807) is 0 Å². The lowest BCUT2D eigenvalue weighted by Crippen LogP contribution is -2.29. The van der Waals surface area contributed by atoms with Crippen LogP contribution in [0.5, 0.6) is 0 Å². The molecule has 9 heteroatoms. The third kappa shape index (κ3) is 4.00. The first kappa shape index (κ1) is 16.1. The minimum atomic E-state index is -4.16. The Labute approximate surface area is 115 Å². The zero-order valence-corrected chi connectivity index (χ0v) is 11.4. The maximum Gasteiger partial charge on any atom is 0.339 e. The molecule has 0 aliphatic heterocycles. The molecule has 0 saturated carbocycles. The third-order valence-corrected chi connectivity index (χ3v) is 3.80. The molecular formula is C11H13FN2O5S. The number of ether oxygens (including phenoxy) is 1. The summed E-state index contributed by atoms with van der Waals surface area (Å²) in [7, 11) is -3.09. The number of halogens is 1. The molecule has 0 aliphatic carbocycles. The minimum Gasteiger partial charge on any atom is -0.465 e. The molecule has 1 aromatic carbocycles. The summed E-state index contributed by atoms with van der Waals surface area (Å²) in [4.78, 5) is 21.5. The van der Waals surface area contributed by atoms with Crippen molar-refractivity contribution in [2.75, 3.05) is 13.7 Å². The van der Waals surface area contributed by atoms with Crippen LogP contribution in [0.25, 0.3) is 0 Å². The van der Waals surface area contributed by atoms with Crippen LogP contribution < -0.4 is 10.5 Å². The highest BCUT2D eigenvalue weighted by Crippen LogP contribution is 2.18. The molecule has 110 valence electrons. The summed E-state index contributed by atoms with van der Waals surface area (Å²) in [5.74, 6) is -2.44. The molecule has 0 bridgehead atoms. The van der Waals surface area contributed by atoms with Gasteiger partial charge in [0.1, 0.15) is 5.82 Å². The van der Waals surface area contributed by atoms with E-state index in [9.17, 15) is 22.4 Å². The SMILES string of the molecule is COC(=O)c1ccc(F)cc1S(=O)(=O)NCCC(N)=O. The number of nitrogens with two attached hydrogens (primary N) is 1. The molecule has 0 aliphatic rings. The zero-order chi connectivity index (χ0) is 15.3. The number of hydrogen-bond donors (Lipinski definition) is 2. The van der Waals surface area contributed by atoms with Crippen LogP contribution in [-0.4, -0.2) is 33.9 Å². The molecule has 0 atom stereocenters. The van der Waals surface area contributed by atoms with Gasteiger partial charge >= 0.3 is 5.97 Å². The number of hydrogen-bond acceptors (Lipinski definition) is 5. The molecule has 7 nitrogen and oxygen atoms in total. The van der Waals surface area contributed by atoms with Crippen molar-refractivity contribution in [2.45, 2.75) is 11.3 Å². The van der Waals surface area contributed by atoms with Gasteiger partial charge in [0.2, 0.25) is 15.9 Å². The first-order chi connectivity index (χ1) is 9.27. The first-order valence-corrected chi connectivity index (χ1v) is 6.92. The lowest BCUT2D eigenvalue weighted by atomic mass is 10.2. The van der Waals surface area contributed by atoms with Gasteiger partial charge in [-0.25, -0.2) is 22.3 Å². The Morgan fingerprint density at radius 3 is 2.60 bits per heavy atom. The van der Waals surface area contributed by atoms with Crippen LogP contribution >= 0.6 is 0 Å². The van der Waals surface area contributed by atoms with E-state index in [0.29, 0.717) is 6.07 Å². The number of carbonyl (C=O) groups is 2. The van der Waals surface area contributed by atoms with Gasteiger partial charge in [-0.1, -0.05) is 0 Å². The molecule has 3 N–H and O–H groups in total. The molecule has 0 aromatic heterocycles. The Morgan fingerprint density at radius 1 is 1.40 bits per heavy atom. The number of sulfonamides is 1. The monoisotopic (exact) mass is 304 g/mol. The summed E-state index contributed by atoms with van der Waals surface area (Å²) in [6.45, 7) is -0.255. The predicted molar refractivity (Wildman–Crippen MR) is 66.7 cm³/mol. The summed E-state index contributed by atoms with van der Waals surface area (Å²) in [6, 6.07) is 2.64. The summed E-state index contributed by atoms with van der Waals surface area (Å²) < 4.78 is 43.6. The molecule has 0 fully saturated rings. The van der Waals surface area contributed by atoms with Crippen LogP contribution in [0.15, 0.2) is 23.1 Å². The highest BCUT2D eigenvalue weighted by atomic mass is 32.2. The second-order valence-corrected chi connectivity index (χ2v) is 5.48. The van der Waals surface area contributed by atoms with Gasteiger partial charge in [-0.2, -0.15) is 0 Å². The van der Waals surface area contributed by atoms with E-state index in [4.69, 9.17) is 5.73 Å². The Bertz CT molecular complexity index is 630. The highest BCUT2D eigenvalue weighted by Gasteiger charge is 2.23. The Morgan fingerprint density at radius 2 is 2.05 bits per heavy atom. The van der Waals surface area contributed by atoms with Crippen molar-refractivity contribution in [3.05, 3.63) is 29.6 Å². The number of methoxy groups -OCH3 is 1. The standard InChI is InChI=1S/C11H13FN2O5S/c1-19-11(16)8-3-2-7(12)6-9(8)20(17,18)14-5-4-10(13)15/h2-3,6,14H,4-5H2,1H3,(H2,13,15). The van der Waals surface area contributed by atoms with Gasteiger partial charge in [-0.15, -0.1) is 0 Å². The Balaban J connectivity index is 3.12. The molecule has 0 unspecified atom stereocenters. The van der Waals surface area contributed by atoms with Crippen LogP contribution in [0, 0.1) is 5.82 Å². The largest absolute Gasteiger partial charge is 0.465 e. The smallest absolute Gasteiger partial charge is 0.339 e. The molecular weight excluding hydrogens is 291 g/mol. The van der Waals surface area contributed by atoms with Gasteiger partial charge in [-0.3, -0.25) is 4.79 Å². The number of esters is 1. The number of amides is 1. The fourth-order valence-electron chi connectivity index (χ4n) is 1.38. The normalized spacial score (nSPS) is 11.1. The third-order valence-electron chi connectivity index (χ3n) is 2.30. The van der Waals surface area contributed by atoms with E-state index in [1.807, 2.05) is 0 Å². The van der Waals surface area contributed by atoms with Crippen molar-refractivity contribution >= 4 is 21.9 Å². The molecule has 1 rings (SSSR count). The van der Waals surface area contributed by atoms with Crippen molar-refractivity contribution < 1.29 is 27.1 Å². The van der Waals surface area contributed by atoms with Gasteiger partial charge in [0.25, 0.3) is 0 Å². The van der Waals surface area contributed by atoms with E-state index in [0.717, 1.165) is 19.2 Å². The Hall–Kier alpha value is -2.00. The highest BCUT2D eigenvalue weighted by molar-refractivity contribution is 7.89. The van der Waals surface area contributed by atoms with E-state index < -0.39 is 32.6 Å². The molecule has 0 saturated heterocycles. The van der Waals surface area contributed by atoms with Gasteiger partial charge < -0.3 is 10.5 Å². The average molecular weight is 304 g/mol. The van der Waals surface area contributed by atoms with Crippen LogP contribution in [-0.2, 0) is 19.6 Å². The number of carbonyl (C=O) groups excluding carboxylic acids is 2. The molecule has 20 heavy (non-hydrogen) atoms. The van der Waals surface area contributed by atoms with E-state index in [1.165, 1.54) is 0 Å². The second kappa shape index (κ2) is 6.44. The fourth-order valence-corrected chi connectivity index (χ4v) is 2.62. The van der Waals surface area contributed by atoms with Crippen molar-refractivity contribution in [1.29, 1.82) is 0 Å². The van der Waals surface area contributed by atoms with E-state index >= 15 is 0 Å². The van der Waals surface area contributed by atoms with Crippen LogP contribution in [0.4, 0.5) is 4.39 Å². The molecule has 0 heterocycles. The van der Waals surface area contributed by atoms with Gasteiger partial charge in [0, 0.05) is 13.0 Å². The molecule has 1 aromatic rings. The lowest BCUT2D eigenvalue weighted by Gasteiger charge is -2.10. The van der Waals surface area contributed by atoms with Crippen LogP contribution in [0.1, 0.15) is 16.8 Å². The van der Waals surface area contributed by atoms with E-state index in [2.05, 4.69) is 9.46 Å². The quantitative estimate of drug-likeness (QED) is 0.704. The van der Waals surface area contributed by atoms with Crippen LogP contribution in [0.3, 0.4) is 0 Å². The van der Waals surface area contributed by atoms with Crippen molar-refractivity contribution in [1.82, 2.24) is 4.72 Å². The summed E-state index contributed by atoms with van der Waals surface area (Å²) in [5.41, 5.74) is 4.57. The van der Waals surface area contributed by atoms with Crippen molar-refractivity contribution in [3.8, 4) is 0 Å². The van der Waals surface area contributed by atoms with Gasteiger partial charge in [0.05, 0.1) is 17.6 Å². The zero-order valence-electron chi connectivity index (χ0n) is 10.6. The Kier molecular flexibility index (Phi) is 5.17. The maximum absolute atomic E-state index is 13.2. The topological polar surface area (TPSA) is 116 Å². The minimum absolute atomic E-state index is 0.220.